The van der Waals surface area contributed by atoms with Gasteiger partial charge in [-0.15, -0.1) is 8.58 Å². The van der Waals surface area contributed by atoms with Crippen LogP contribution in [0, 0.1) is 0 Å². The first-order valence-corrected chi connectivity index (χ1v) is 6.37. The Morgan fingerprint density at radius 1 is 0.667 bits per heavy atom. The van der Waals surface area contributed by atoms with E-state index in [1.165, 1.54) is 34.3 Å². The van der Waals surface area contributed by atoms with Gasteiger partial charge in [0.15, 0.2) is 0 Å². The summed E-state index contributed by atoms with van der Waals surface area (Å²) < 4.78 is 0. The van der Waals surface area contributed by atoms with Gasteiger partial charge in [0.2, 0.25) is 0 Å². The van der Waals surface area contributed by atoms with Crippen molar-refractivity contribution < 1.29 is 0 Å². The van der Waals surface area contributed by atoms with Crippen LogP contribution in [-0.2, 0) is 0 Å². The lowest BCUT2D eigenvalue weighted by Crippen LogP contribution is -2.00. The lowest BCUT2D eigenvalue weighted by molar-refractivity contribution is 0.844. The molecule has 12 heavy (non-hydrogen) atoms. The van der Waals surface area contributed by atoms with Crippen molar-refractivity contribution in [3.63, 3.8) is 0 Å². The van der Waals surface area contributed by atoms with Crippen molar-refractivity contribution in [3.8, 4) is 0 Å². The Bertz CT molecular complexity index is 101. The average molecular weight is 184 g/mol. The molecule has 0 heterocycles. The molecule has 0 saturated heterocycles. The van der Waals surface area contributed by atoms with Gasteiger partial charge in [0.25, 0.3) is 0 Å². The van der Waals surface area contributed by atoms with E-state index in [2.05, 4.69) is 0 Å². The minimum absolute atomic E-state index is 0. The van der Waals surface area contributed by atoms with Crippen LogP contribution in [0.25, 0.3) is 0 Å². The quantitative estimate of drug-likeness (QED) is 0.456. The smallest absolute Gasteiger partial charge is 0.0814 e. The molecule has 2 aliphatic rings. The Kier molecular flexibility index (Phi) is 4.65. The Labute approximate surface area is 80.2 Å². The zero-order valence-electron chi connectivity index (χ0n) is 7.31. The first kappa shape index (κ1) is 10.6. The Morgan fingerprint density at radius 3 is 1.33 bits per heavy atom. The number of hydrogen-bond acceptors (Lipinski definition) is 0. The summed E-state index contributed by atoms with van der Waals surface area (Å²) in [5.74, 6) is 0. The molecule has 0 atom stereocenters. The minimum Gasteiger partial charge on any atom is -0.116 e. The predicted octanol–water partition coefficient (Wildman–Crippen LogP) is 2.37. The van der Waals surface area contributed by atoms with E-state index in [0.717, 1.165) is 11.3 Å². The first-order chi connectivity index (χ1) is 5.45. The lowest BCUT2D eigenvalue weighted by atomic mass is 10.4. The molecule has 2 fully saturated rings. The van der Waals surface area contributed by atoms with Crippen molar-refractivity contribution in [2.24, 2.45) is 0 Å². The van der Waals surface area contributed by atoms with Crippen LogP contribution in [-0.4, -0.2) is 19.7 Å². The Morgan fingerprint density at radius 2 is 1.00 bits per heavy atom. The van der Waals surface area contributed by atoms with Crippen molar-refractivity contribution in [1.82, 2.24) is 0 Å². The maximum Gasteiger partial charge on any atom is 0.0814 e. The van der Waals surface area contributed by atoms with E-state index in [4.69, 9.17) is 0 Å². The van der Waals surface area contributed by atoms with E-state index >= 15 is 0 Å². The monoisotopic (exact) mass is 184 g/mol. The molecule has 0 aromatic heterocycles. The predicted molar refractivity (Wildman–Crippen MR) is 62.8 cm³/mol. The second-order valence-electron chi connectivity index (χ2n) is 4.13. The fraction of sp³-hybridized carbons (Fsp3) is 1.00. The van der Waals surface area contributed by atoms with Crippen LogP contribution >= 0.6 is 8.58 Å². The second-order valence-corrected chi connectivity index (χ2v) is 6.10. The summed E-state index contributed by atoms with van der Waals surface area (Å²) >= 11 is 0. The topological polar surface area (TPSA) is 0 Å². The second kappa shape index (κ2) is 5.27. The van der Waals surface area contributed by atoms with Crippen LogP contribution in [0.2, 0.25) is 0 Å². The van der Waals surface area contributed by atoms with Gasteiger partial charge in [0.05, 0.1) is 8.41 Å². The molecule has 2 heteroatoms. The summed E-state index contributed by atoms with van der Waals surface area (Å²) in [6, 6.07) is 0. The molecule has 2 rings (SSSR count). The van der Waals surface area contributed by atoms with Gasteiger partial charge in [-0.25, -0.2) is 0 Å². The molecule has 0 spiro atoms. The molecule has 0 radical (unpaired) electrons. The van der Waals surface area contributed by atoms with E-state index < -0.39 is 0 Å². The van der Waals surface area contributed by atoms with Crippen molar-refractivity contribution in [3.05, 3.63) is 0 Å². The van der Waals surface area contributed by atoms with E-state index in [1.54, 1.807) is 25.7 Å². The van der Waals surface area contributed by atoms with Crippen molar-refractivity contribution in [2.45, 2.75) is 62.7 Å². The third-order valence-corrected chi connectivity index (χ3v) is 5.28. The standard InChI is InChI=1S/C10H19P.BH3/c1-2-6-9(5-1)11-10-7-3-4-8-10;/h9-11H,1-8H2;1H3. The van der Waals surface area contributed by atoms with Crippen LogP contribution in [0.15, 0.2) is 0 Å². The summed E-state index contributed by atoms with van der Waals surface area (Å²) in [6.07, 6.45) is 12.4. The maximum atomic E-state index is 1.56. The van der Waals surface area contributed by atoms with Crippen LogP contribution in [0.4, 0.5) is 0 Å². The molecule has 0 nitrogen and oxygen atoms in total. The maximum absolute atomic E-state index is 1.56. The van der Waals surface area contributed by atoms with E-state index in [1.807, 2.05) is 0 Å². The molecule has 2 aliphatic carbocycles. The van der Waals surface area contributed by atoms with E-state index in [-0.39, 0.29) is 8.41 Å². The fourth-order valence-electron chi connectivity index (χ4n) is 2.52. The van der Waals surface area contributed by atoms with Crippen molar-refractivity contribution >= 4 is 17.0 Å². The van der Waals surface area contributed by atoms with Crippen LogP contribution in [0.3, 0.4) is 0 Å². The molecule has 0 bridgehead atoms. The van der Waals surface area contributed by atoms with Gasteiger partial charge >= 0.3 is 0 Å². The fourth-order valence-corrected chi connectivity index (χ4v) is 4.67. The SMILES string of the molecule is B.C1CCC(PC2CCCC2)C1. The first-order valence-electron chi connectivity index (χ1n) is 5.21. The van der Waals surface area contributed by atoms with Crippen LogP contribution in [0.1, 0.15) is 51.4 Å². The Hall–Kier alpha value is 0.495. The zero-order chi connectivity index (χ0) is 7.52. The molecular formula is C10H22BP. The molecule has 0 aromatic carbocycles. The zero-order valence-corrected chi connectivity index (χ0v) is 8.31. The third kappa shape index (κ3) is 2.77. The van der Waals surface area contributed by atoms with Gasteiger partial charge in [-0.1, -0.05) is 25.7 Å². The van der Waals surface area contributed by atoms with Gasteiger partial charge < -0.3 is 0 Å². The van der Waals surface area contributed by atoms with Crippen LogP contribution < -0.4 is 0 Å². The summed E-state index contributed by atoms with van der Waals surface area (Å²) in [7, 11) is 1.34. The number of rotatable bonds is 2. The summed E-state index contributed by atoms with van der Waals surface area (Å²) in [5.41, 5.74) is 2.33. The highest BCUT2D eigenvalue weighted by molar-refractivity contribution is 7.39. The average Bonchev–Trinajstić information content (AvgIpc) is 2.60. The highest BCUT2D eigenvalue weighted by Gasteiger charge is 2.21. The highest BCUT2D eigenvalue weighted by Crippen LogP contribution is 2.43. The minimum atomic E-state index is 0. The molecule has 0 aromatic rings. The van der Waals surface area contributed by atoms with Gasteiger partial charge in [-0.3, -0.25) is 0 Å². The molecule has 2 saturated carbocycles. The summed E-state index contributed by atoms with van der Waals surface area (Å²) in [5, 5.41) is 0. The van der Waals surface area contributed by atoms with Gasteiger partial charge in [0.1, 0.15) is 0 Å². The highest BCUT2D eigenvalue weighted by atomic mass is 31.1. The summed E-state index contributed by atoms with van der Waals surface area (Å²) in [4.78, 5) is 0. The number of hydrogen-bond donors (Lipinski definition) is 0. The van der Waals surface area contributed by atoms with Crippen LogP contribution in [0.5, 0.6) is 0 Å². The molecule has 0 aliphatic heterocycles. The largest absolute Gasteiger partial charge is 0.116 e. The summed E-state index contributed by atoms with van der Waals surface area (Å²) in [6.45, 7) is 0. The molecular weight excluding hydrogens is 162 g/mol. The Balaban J connectivity index is 0.000000720. The van der Waals surface area contributed by atoms with Gasteiger partial charge in [0, 0.05) is 0 Å². The van der Waals surface area contributed by atoms with Gasteiger partial charge in [-0.2, -0.15) is 0 Å². The molecule has 0 amide bonds. The van der Waals surface area contributed by atoms with E-state index in [9.17, 15) is 0 Å². The normalized spacial score (nSPS) is 26.0. The van der Waals surface area contributed by atoms with Crippen molar-refractivity contribution in [1.29, 1.82) is 0 Å². The van der Waals surface area contributed by atoms with Crippen molar-refractivity contribution in [2.75, 3.05) is 0 Å². The molecule has 70 valence electrons. The molecule has 0 unspecified atom stereocenters. The lowest BCUT2D eigenvalue weighted by Gasteiger charge is -2.14. The molecule has 0 N–H and O–H groups in total. The van der Waals surface area contributed by atoms with Gasteiger partial charge in [-0.05, 0) is 37.0 Å². The third-order valence-electron chi connectivity index (χ3n) is 3.18. The van der Waals surface area contributed by atoms with E-state index in [0.29, 0.717) is 0 Å².